The minimum atomic E-state index is -0.555. The molecule has 2 rings (SSSR count). The van der Waals surface area contributed by atoms with Gasteiger partial charge in [0.2, 0.25) is 5.78 Å². The van der Waals surface area contributed by atoms with Crippen LogP contribution in [0.15, 0.2) is 29.8 Å². The van der Waals surface area contributed by atoms with Gasteiger partial charge >= 0.3 is 5.97 Å². The molecule has 0 N–H and O–H groups in total. The minimum Gasteiger partial charge on any atom is -0.497 e. The molecular weight excluding hydrogens is 208 g/mol. The number of carbonyl (C=O) groups is 2. The van der Waals surface area contributed by atoms with E-state index in [2.05, 4.69) is 4.74 Å². The van der Waals surface area contributed by atoms with E-state index in [1.165, 1.54) is 6.08 Å². The number of ether oxygens (including phenoxy) is 2. The molecule has 0 aliphatic carbocycles. The molecule has 1 aromatic carbocycles. The largest absolute Gasteiger partial charge is 0.497 e. The Hall–Kier alpha value is -2.10. The number of Topliss-reactive ketones (excluding diaryl/α,β-unsaturated/α-hetero) is 1. The first-order chi connectivity index (χ1) is 7.70. The van der Waals surface area contributed by atoms with Crippen molar-refractivity contribution in [3.8, 4) is 5.75 Å². The van der Waals surface area contributed by atoms with Crippen molar-refractivity contribution >= 4 is 17.8 Å². The van der Waals surface area contributed by atoms with Crippen LogP contribution in [0.3, 0.4) is 0 Å². The molecule has 82 valence electrons. The zero-order valence-corrected chi connectivity index (χ0v) is 8.73. The lowest BCUT2D eigenvalue weighted by Gasteiger charge is -1.99. The van der Waals surface area contributed by atoms with E-state index in [1.54, 1.807) is 31.4 Å². The summed E-state index contributed by atoms with van der Waals surface area (Å²) in [6.45, 7) is -0.152. The predicted molar refractivity (Wildman–Crippen MR) is 56.9 cm³/mol. The van der Waals surface area contributed by atoms with E-state index in [4.69, 9.17) is 4.74 Å². The molecule has 0 atom stereocenters. The first-order valence-electron chi connectivity index (χ1n) is 4.77. The molecule has 4 heteroatoms. The fourth-order valence-corrected chi connectivity index (χ4v) is 1.41. The Kier molecular flexibility index (Phi) is 2.72. The molecule has 1 heterocycles. The third-order valence-corrected chi connectivity index (χ3v) is 2.28. The SMILES string of the molecule is COc1ccc(/C=C2/C(=O)COC2=O)cc1. The van der Waals surface area contributed by atoms with E-state index in [0.29, 0.717) is 0 Å². The van der Waals surface area contributed by atoms with Gasteiger partial charge in [0.05, 0.1) is 7.11 Å². The van der Waals surface area contributed by atoms with Crippen molar-refractivity contribution in [3.63, 3.8) is 0 Å². The Morgan fingerprint density at radius 3 is 2.44 bits per heavy atom. The summed E-state index contributed by atoms with van der Waals surface area (Å²) in [4.78, 5) is 22.4. The molecule has 1 aromatic rings. The number of esters is 1. The van der Waals surface area contributed by atoms with Crippen LogP contribution >= 0.6 is 0 Å². The van der Waals surface area contributed by atoms with Gasteiger partial charge < -0.3 is 9.47 Å². The topological polar surface area (TPSA) is 52.6 Å². The molecule has 1 aliphatic heterocycles. The quantitative estimate of drug-likeness (QED) is 0.425. The van der Waals surface area contributed by atoms with Crippen molar-refractivity contribution in [1.82, 2.24) is 0 Å². The zero-order chi connectivity index (χ0) is 11.5. The maximum Gasteiger partial charge on any atom is 0.342 e. The zero-order valence-electron chi connectivity index (χ0n) is 8.73. The summed E-state index contributed by atoms with van der Waals surface area (Å²) >= 11 is 0. The van der Waals surface area contributed by atoms with Gasteiger partial charge in [-0.1, -0.05) is 12.1 Å². The van der Waals surface area contributed by atoms with Gasteiger partial charge in [0, 0.05) is 0 Å². The van der Waals surface area contributed by atoms with Crippen LogP contribution in [0.4, 0.5) is 0 Å². The summed E-state index contributed by atoms with van der Waals surface area (Å²) in [6.07, 6.45) is 1.52. The molecule has 0 aromatic heterocycles. The highest BCUT2D eigenvalue weighted by Crippen LogP contribution is 2.17. The summed E-state index contributed by atoms with van der Waals surface area (Å²) in [7, 11) is 1.57. The fourth-order valence-electron chi connectivity index (χ4n) is 1.41. The molecule has 1 aliphatic rings. The van der Waals surface area contributed by atoms with Gasteiger partial charge in [-0.25, -0.2) is 4.79 Å². The fraction of sp³-hybridized carbons (Fsp3) is 0.167. The maximum absolute atomic E-state index is 11.3. The summed E-state index contributed by atoms with van der Waals surface area (Å²) in [5.41, 5.74) is 0.869. The number of hydrogen-bond donors (Lipinski definition) is 0. The van der Waals surface area contributed by atoms with Gasteiger partial charge in [0.25, 0.3) is 0 Å². The number of methoxy groups -OCH3 is 1. The summed E-state index contributed by atoms with van der Waals surface area (Å²) in [6, 6.07) is 7.06. The molecule has 0 bridgehead atoms. The Labute approximate surface area is 92.5 Å². The second-order valence-electron chi connectivity index (χ2n) is 3.33. The first kappa shape index (κ1) is 10.4. The van der Waals surface area contributed by atoms with Gasteiger partial charge in [-0.2, -0.15) is 0 Å². The average Bonchev–Trinajstić information content (AvgIpc) is 2.62. The lowest BCUT2D eigenvalue weighted by molar-refractivity contribution is -0.135. The summed E-state index contributed by atoms with van der Waals surface area (Å²) < 4.78 is 9.62. The van der Waals surface area contributed by atoms with Crippen LogP contribution in [0.1, 0.15) is 5.56 Å². The standard InChI is InChI=1S/C12H10O4/c1-15-9-4-2-8(3-5-9)6-10-11(13)7-16-12(10)14/h2-6H,7H2,1H3/b10-6-. The van der Waals surface area contributed by atoms with Crippen molar-refractivity contribution in [2.24, 2.45) is 0 Å². The van der Waals surface area contributed by atoms with Crippen molar-refractivity contribution < 1.29 is 19.1 Å². The third kappa shape index (κ3) is 1.95. The van der Waals surface area contributed by atoms with Crippen LogP contribution < -0.4 is 4.74 Å². The summed E-state index contributed by atoms with van der Waals surface area (Å²) in [5.74, 6) is -0.107. The Morgan fingerprint density at radius 1 is 1.25 bits per heavy atom. The van der Waals surface area contributed by atoms with E-state index >= 15 is 0 Å². The molecule has 4 nitrogen and oxygen atoms in total. The monoisotopic (exact) mass is 218 g/mol. The number of cyclic esters (lactones) is 1. The predicted octanol–water partition coefficient (Wildman–Crippen LogP) is 1.20. The van der Waals surface area contributed by atoms with Gasteiger partial charge in [0.15, 0.2) is 6.61 Å². The van der Waals surface area contributed by atoms with E-state index in [0.717, 1.165) is 11.3 Å². The minimum absolute atomic E-state index is 0.102. The molecule has 16 heavy (non-hydrogen) atoms. The van der Waals surface area contributed by atoms with Gasteiger partial charge in [0.1, 0.15) is 11.3 Å². The number of benzene rings is 1. The number of hydrogen-bond acceptors (Lipinski definition) is 4. The normalized spacial score (nSPS) is 17.7. The van der Waals surface area contributed by atoms with Crippen LogP contribution in [-0.4, -0.2) is 25.5 Å². The molecule has 0 spiro atoms. The molecule has 0 amide bonds. The van der Waals surface area contributed by atoms with E-state index in [9.17, 15) is 9.59 Å². The highest BCUT2D eigenvalue weighted by atomic mass is 16.5. The molecule has 0 unspecified atom stereocenters. The van der Waals surface area contributed by atoms with Gasteiger partial charge in [-0.05, 0) is 23.8 Å². The van der Waals surface area contributed by atoms with Crippen molar-refractivity contribution in [2.45, 2.75) is 0 Å². The highest BCUT2D eigenvalue weighted by molar-refractivity contribution is 6.24. The van der Waals surface area contributed by atoms with E-state index in [1.807, 2.05) is 0 Å². The molecule has 0 saturated carbocycles. The van der Waals surface area contributed by atoms with Gasteiger partial charge in [-0.15, -0.1) is 0 Å². The van der Waals surface area contributed by atoms with Gasteiger partial charge in [-0.3, -0.25) is 4.79 Å². The van der Waals surface area contributed by atoms with Crippen LogP contribution in [0, 0.1) is 0 Å². The molecule has 1 fully saturated rings. The Balaban J connectivity index is 2.28. The van der Waals surface area contributed by atoms with Crippen molar-refractivity contribution in [1.29, 1.82) is 0 Å². The van der Waals surface area contributed by atoms with E-state index in [-0.39, 0.29) is 18.0 Å². The number of rotatable bonds is 2. The lowest BCUT2D eigenvalue weighted by Crippen LogP contribution is -2.00. The van der Waals surface area contributed by atoms with E-state index < -0.39 is 5.97 Å². The molecule has 0 radical (unpaired) electrons. The first-order valence-corrected chi connectivity index (χ1v) is 4.77. The summed E-state index contributed by atoms with van der Waals surface area (Å²) in [5, 5.41) is 0. The van der Waals surface area contributed by atoms with Crippen molar-refractivity contribution in [2.75, 3.05) is 13.7 Å². The van der Waals surface area contributed by atoms with Crippen LogP contribution in [0.5, 0.6) is 5.75 Å². The second-order valence-corrected chi connectivity index (χ2v) is 3.33. The average molecular weight is 218 g/mol. The lowest BCUT2D eigenvalue weighted by atomic mass is 10.1. The number of carbonyl (C=O) groups excluding carboxylic acids is 2. The van der Waals surface area contributed by atoms with Crippen LogP contribution in [0.2, 0.25) is 0 Å². The third-order valence-electron chi connectivity index (χ3n) is 2.28. The smallest absolute Gasteiger partial charge is 0.342 e. The Bertz CT molecular complexity index is 438. The molecule has 1 saturated heterocycles. The van der Waals surface area contributed by atoms with Crippen LogP contribution in [0.25, 0.3) is 6.08 Å². The van der Waals surface area contributed by atoms with Crippen LogP contribution in [-0.2, 0) is 14.3 Å². The van der Waals surface area contributed by atoms with Crippen molar-refractivity contribution in [3.05, 3.63) is 35.4 Å². The molecular formula is C12H10O4. The maximum atomic E-state index is 11.3. The number of ketones is 1. The Morgan fingerprint density at radius 2 is 1.94 bits per heavy atom. The second kappa shape index (κ2) is 4.18. The highest BCUT2D eigenvalue weighted by Gasteiger charge is 2.27.